The summed E-state index contributed by atoms with van der Waals surface area (Å²) < 4.78 is 7.00. The molecule has 2 unspecified atom stereocenters. The highest BCUT2D eigenvalue weighted by atomic mass is 35.5. The van der Waals surface area contributed by atoms with Gasteiger partial charge in [0.1, 0.15) is 11.1 Å². The number of aryl methyl sites for hydroxylation is 1. The van der Waals surface area contributed by atoms with Crippen molar-refractivity contribution in [3.05, 3.63) is 111 Å². The van der Waals surface area contributed by atoms with E-state index >= 15 is 0 Å². The number of rotatable bonds is 9. The van der Waals surface area contributed by atoms with Crippen molar-refractivity contribution in [2.24, 2.45) is 7.05 Å². The van der Waals surface area contributed by atoms with Crippen molar-refractivity contribution < 1.29 is 14.3 Å². The van der Waals surface area contributed by atoms with E-state index < -0.39 is 22.4 Å². The number of nitrogens with one attached hydrogen (secondary N) is 3. The third-order valence-electron chi connectivity index (χ3n) is 7.53. The van der Waals surface area contributed by atoms with Gasteiger partial charge in [-0.05, 0) is 41.8 Å². The molecular weight excluding hydrogens is 577 g/mol. The van der Waals surface area contributed by atoms with Crippen LogP contribution in [0.1, 0.15) is 40.0 Å². The molecule has 2 amide bonds. The first-order valence-electron chi connectivity index (χ1n) is 13.5. The molecule has 2 aromatic heterocycles. The average Bonchev–Trinajstić information content (AvgIpc) is 3.40. The van der Waals surface area contributed by atoms with Gasteiger partial charge in [0.15, 0.2) is 0 Å². The number of benzene rings is 1. The summed E-state index contributed by atoms with van der Waals surface area (Å²) in [5, 5.41) is 8.97. The van der Waals surface area contributed by atoms with E-state index in [-0.39, 0.29) is 17.5 Å². The van der Waals surface area contributed by atoms with Crippen LogP contribution in [-0.4, -0.2) is 46.4 Å². The predicted octanol–water partition coefficient (Wildman–Crippen LogP) is 3.70. The van der Waals surface area contributed by atoms with Gasteiger partial charge in [0.05, 0.1) is 18.2 Å². The number of nitrogens with zero attached hydrogens (tertiary/aromatic N) is 2. The van der Waals surface area contributed by atoms with Crippen LogP contribution in [0, 0.1) is 0 Å². The molecule has 3 N–H and O–H groups in total. The molecule has 3 heterocycles. The van der Waals surface area contributed by atoms with Crippen LogP contribution in [0.2, 0.25) is 5.02 Å². The maximum Gasteiger partial charge on any atom is 0.263 e. The second-order valence-corrected chi connectivity index (χ2v) is 11.1. The maximum atomic E-state index is 13.7. The molecule has 0 radical (unpaired) electrons. The minimum absolute atomic E-state index is 0.0303. The molecule has 2 aliphatic rings. The number of halogens is 2. The summed E-state index contributed by atoms with van der Waals surface area (Å²) in [6, 6.07) is 14.2. The molecule has 1 aliphatic heterocycles. The van der Waals surface area contributed by atoms with E-state index in [0.29, 0.717) is 47.2 Å². The molecule has 9 nitrogen and oxygen atoms in total. The molecule has 0 saturated carbocycles. The second kappa shape index (κ2) is 12.5. The van der Waals surface area contributed by atoms with E-state index in [1.807, 2.05) is 30.3 Å². The van der Waals surface area contributed by atoms with Crippen LogP contribution in [0.3, 0.4) is 0 Å². The van der Waals surface area contributed by atoms with Crippen LogP contribution >= 0.6 is 23.2 Å². The summed E-state index contributed by atoms with van der Waals surface area (Å²) in [5.41, 5.74) is 0.759. The summed E-state index contributed by atoms with van der Waals surface area (Å²) in [6.45, 7) is 1.06. The van der Waals surface area contributed by atoms with E-state index in [0.717, 1.165) is 12.0 Å². The van der Waals surface area contributed by atoms with Crippen molar-refractivity contribution in [1.29, 1.82) is 0 Å². The fourth-order valence-corrected chi connectivity index (χ4v) is 5.95. The number of alkyl halides is 1. The number of hydrogen-bond acceptors (Lipinski definition) is 6. The Bertz CT molecular complexity index is 1640. The summed E-state index contributed by atoms with van der Waals surface area (Å²) in [6.07, 6.45) is 8.31. The lowest BCUT2D eigenvalue weighted by Gasteiger charge is -2.39. The topological polar surface area (TPSA) is 114 Å². The number of pyridine rings is 2. The van der Waals surface area contributed by atoms with Gasteiger partial charge in [-0.25, -0.2) is 4.98 Å². The van der Waals surface area contributed by atoms with Crippen LogP contribution in [0.25, 0.3) is 5.57 Å². The van der Waals surface area contributed by atoms with Crippen LogP contribution in [0.15, 0.2) is 77.8 Å². The Morgan fingerprint density at radius 2 is 2.00 bits per heavy atom. The molecule has 0 bridgehead atoms. The molecule has 0 spiro atoms. The van der Waals surface area contributed by atoms with Gasteiger partial charge in [-0.1, -0.05) is 54.1 Å². The normalized spacial score (nSPS) is 21.5. The SMILES string of the molecule is COc1nc(C2(NC(=O)c3cccn(C)c3=O)C=CC=C(c3ccccc3Cl)[C@@H]2Cl)ccc1CNCC1CCC(=O)N1. The third-order valence-corrected chi connectivity index (χ3v) is 8.44. The van der Waals surface area contributed by atoms with Crippen LogP contribution in [0.4, 0.5) is 0 Å². The molecule has 11 heteroatoms. The van der Waals surface area contributed by atoms with Gasteiger partial charge in [0.25, 0.3) is 11.5 Å². The lowest BCUT2D eigenvalue weighted by molar-refractivity contribution is -0.119. The maximum absolute atomic E-state index is 13.7. The highest BCUT2D eigenvalue weighted by molar-refractivity contribution is 6.34. The van der Waals surface area contributed by atoms with Gasteiger partial charge in [0.2, 0.25) is 11.8 Å². The number of amides is 2. The van der Waals surface area contributed by atoms with E-state index in [1.54, 1.807) is 43.6 Å². The Morgan fingerprint density at radius 1 is 1.19 bits per heavy atom. The Kier molecular flexibility index (Phi) is 8.82. The Balaban J connectivity index is 1.51. The second-order valence-electron chi connectivity index (χ2n) is 10.3. The molecule has 1 aromatic carbocycles. The van der Waals surface area contributed by atoms with Gasteiger partial charge in [0, 0.05) is 49.4 Å². The Hall–Kier alpha value is -3.92. The van der Waals surface area contributed by atoms with E-state index in [1.165, 1.54) is 17.7 Å². The van der Waals surface area contributed by atoms with E-state index in [9.17, 15) is 14.4 Å². The number of carbonyl (C=O) groups is 2. The van der Waals surface area contributed by atoms with Crippen molar-refractivity contribution in [1.82, 2.24) is 25.5 Å². The zero-order chi connectivity index (χ0) is 29.9. The van der Waals surface area contributed by atoms with Crippen molar-refractivity contribution in [3.8, 4) is 5.88 Å². The monoisotopic (exact) mass is 607 g/mol. The lowest BCUT2D eigenvalue weighted by Crippen LogP contribution is -2.53. The van der Waals surface area contributed by atoms with Crippen LogP contribution in [-0.2, 0) is 23.9 Å². The Labute approximate surface area is 253 Å². The molecule has 1 aliphatic carbocycles. The number of ether oxygens (including phenoxy) is 1. The summed E-state index contributed by atoms with van der Waals surface area (Å²) >= 11 is 13.8. The van der Waals surface area contributed by atoms with E-state index in [2.05, 4.69) is 16.0 Å². The van der Waals surface area contributed by atoms with E-state index in [4.69, 9.17) is 32.9 Å². The molecule has 1 fully saturated rings. The fraction of sp³-hybridized carbons (Fsp3) is 0.290. The quantitative estimate of drug-likeness (QED) is 0.320. The fourth-order valence-electron chi connectivity index (χ4n) is 5.27. The Morgan fingerprint density at radius 3 is 2.74 bits per heavy atom. The number of methoxy groups -OCH3 is 1. The minimum atomic E-state index is -1.36. The molecular formula is C31H31Cl2N5O4. The first-order chi connectivity index (χ1) is 20.2. The minimum Gasteiger partial charge on any atom is -0.481 e. The molecule has 5 rings (SSSR count). The van der Waals surface area contributed by atoms with Gasteiger partial charge in [-0.15, -0.1) is 11.6 Å². The smallest absolute Gasteiger partial charge is 0.263 e. The zero-order valence-electron chi connectivity index (χ0n) is 23.2. The van der Waals surface area contributed by atoms with Crippen molar-refractivity contribution in [3.63, 3.8) is 0 Å². The largest absolute Gasteiger partial charge is 0.481 e. The van der Waals surface area contributed by atoms with Crippen molar-refractivity contribution in [2.75, 3.05) is 13.7 Å². The standard InChI is InChI=1S/C31H31Cl2N5O4/c1-38-16-6-9-23(30(38)41)28(40)37-31(15-5-8-22(27(31)33)21-7-3-4-10-24(21)32)25-13-11-19(29(36-25)42-2)17-34-18-20-12-14-26(39)35-20/h3-11,13,15-16,20,27,34H,12,14,17-18H2,1-2H3,(H,35,39)(H,37,40)/t20?,27-,31?/m0/s1. The summed E-state index contributed by atoms with van der Waals surface area (Å²) in [4.78, 5) is 42.8. The number of allylic oxidation sites excluding steroid dienone is 2. The highest BCUT2D eigenvalue weighted by Gasteiger charge is 2.45. The van der Waals surface area contributed by atoms with Crippen LogP contribution < -0.4 is 26.2 Å². The zero-order valence-corrected chi connectivity index (χ0v) is 24.7. The lowest BCUT2D eigenvalue weighted by atomic mass is 9.80. The first-order valence-corrected chi connectivity index (χ1v) is 14.4. The molecule has 3 atom stereocenters. The molecule has 1 saturated heterocycles. The molecule has 3 aromatic rings. The average molecular weight is 609 g/mol. The van der Waals surface area contributed by atoms with Gasteiger partial charge in [-0.2, -0.15) is 0 Å². The first kappa shape index (κ1) is 29.6. The van der Waals surface area contributed by atoms with Gasteiger partial charge < -0.3 is 25.3 Å². The number of carbonyl (C=O) groups excluding carboxylic acids is 2. The van der Waals surface area contributed by atoms with Crippen molar-refractivity contribution >= 4 is 40.6 Å². The molecule has 42 heavy (non-hydrogen) atoms. The van der Waals surface area contributed by atoms with Crippen molar-refractivity contribution in [2.45, 2.75) is 36.3 Å². The third kappa shape index (κ3) is 5.86. The number of hydrogen-bond donors (Lipinski definition) is 3. The number of aromatic nitrogens is 2. The molecule has 218 valence electrons. The predicted molar refractivity (Wildman–Crippen MR) is 163 cm³/mol. The summed E-state index contributed by atoms with van der Waals surface area (Å²) in [5.74, 6) is -0.185. The highest BCUT2D eigenvalue weighted by Crippen LogP contribution is 2.43. The summed E-state index contributed by atoms with van der Waals surface area (Å²) in [7, 11) is 3.10. The van der Waals surface area contributed by atoms with Crippen LogP contribution in [0.5, 0.6) is 5.88 Å². The van der Waals surface area contributed by atoms with Gasteiger partial charge in [-0.3, -0.25) is 14.4 Å². The van der Waals surface area contributed by atoms with Gasteiger partial charge >= 0.3 is 0 Å².